The fraction of sp³-hybridized carbons (Fsp3) is 0.0909. The molecule has 6 nitrogen and oxygen atoms in total. The Morgan fingerprint density at radius 2 is 2.06 bits per heavy atom. The van der Waals surface area contributed by atoms with Gasteiger partial charge in [-0.25, -0.2) is 19.9 Å². The molecule has 0 saturated carbocycles. The quantitative estimate of drug-likeness (QED) is 0.715. The Bertz CT molecular complexity index is 647. The number of hydrogen-bond donors (Lipinski definition) is 1. The number of fused-ring (bicyclic) bond motifs is 1. The molecular formula is C11H10N6S. The molecule has 0 bridgehead atoms. The van der Waals surface area contributed by atoms with Crippen molar-refractivity contribution in [3.63, 3.8) is 0 Å². The lowest BCUT2D eigenvalue weighted by atomic mass is 10.6. The maximum absolute atomic E-state index is 5.73. The van der Waals surface area contributed by atoms with Gasteiger partial charge in [-0.3, -0.25) is 4.40 Å². The number of anilines is 1. The third kappa shape index (κ3) is 2.12. The molecule has 0 spiro atoms. The highest BCUT2D eigenvalue weighted by Crippen LogP contribution is 2.23. The lowest BCUT2D eigenvalue weighted by Crippen LogP contribution is -1.94. The van der Waals surface area contributed by atoms with E-state index in [0.717, 1.165) is 10.7 Å². The highest BCUT2D eigenvalue weighted by molar-refractivity contribution is 7.98. The Morgan fingerprint density at radius 1 is 1.17 bits per heavy atom. The van der Waals surface area contributed by atoms with Gasteiger partial charge in [0.2, 0.25) is 5.78 Å². The Balaban J connectivity index is 1.79. The van der Waals surface area contributed by atoms with Gasteiger partial charge in [0, 0.05) is 36.7 Å². The monoisotopic (exact) mass is 258 g/mol. The van der Waals surface area contributed by atoms with Gasteiger partial charge in [-0.05, 0) is 6.07 Å². The van der Waals surface area contributed by atoms with E-state index in [2.05, 4.69) is 19.9 Å². The molecule has 0 aromatic carbocycles. The summed E-state index contributed by atoms with van der Waals surface area (Å²) >= 11 is 1.51. The van der Waals surface area contributed by atoms with Crippen molar-refractivity contribution in [1.82, 2.24) is 24.3 Å². The first-order valence-corrected chi connectivity index (χ1v) is 6.29. The van der Waals surface area contributed by atoms with E-state index >= 15 is 0 Å². The zero-order valence-corrected chi connectivity index (χ0v) is 10.2. The molecule has 3 aromatic heterocycles. The topological polar surface area (TPSA) is 82.0 Å². The number of rotatable bonds is 3. The minimum absolute atomic E-state index is 0.449. The minimum Gasteiger partial charge on any atom is -0.381 e. The number of nitrogens with zero attached hydrogens (tertiary/aromatic N) is 5. The average molecular weight is 258 g/mol. The molecule has 3 heterocycles. The van der Waals surface area contributed by atoms with Crippen LogP contribution in [0.1, 0.15) is 5.69 Å². The summed E-state index contributed by atoms with van der Waals surface area (Å²) < 4.78 is 1.88. The molecule has 90 valence electrons. The van der Waals surface area contributed by atoms with Crippen molar-refractivity contribution in [2.45, 2.75) is 10.8 Å². The second-order valence-corrected chi connectivity index (χ2v) is 4.56. The molecule has 7 heteroatoms. The second-order valence-electron chi connectivity index (χ2n) is 3.59. The maximum atomic E-state index is 5.73. The van der Waals surface area contributed by atoms with Crippen molar-refractivity contribution in [1.29, 1.82) is 0 Å². The van der Waals surface area contributed by atoms with Gasteiger partial charge in [-0.15, -0.1) is 0 Å². The average Bonchev–Trinajstić information content (AvgIpc) is 2.80. The van der Waals surface area contributed by atoms with Crippen LogP contribution in [0.3, 0.4) is 0 Å². The van der Waals surface area contributed by atoms with Gasteiger partial charge >= 0.3 is 0 Å². The van der Waals surface area contributed by atoms with Crippen molar-refractivity contribution < 1.29 is 0 Å². The van der Waals surface area contributed by atoms with Gasteiger partial charge in [-0.1, -0.05) is 11.8 Å². The van der Waals surface area contributed by atoms with Crippen LogP contribution in [0.4, 0.5) is 5.82 Å². The summed E-state index contributed by atoms with van der Waals surface area (Å²) in [6, 6.07) is 1.87. The van der Waals surface area contributed by atoms with E-state index in [0.29, 0.717) is 17.3 Å². The van der Waals surface area contributed by atoms with Gasteiger partial charge in [0.15, 0.2) is 5.82 Å². The molecule has 18 heavy (non-hydrogen) atoms. The maximum Gasteiger partial charge on any atom is 0.233 e. The third-order valence-corrected chi connectivity index (χ3v) is 3.36. The summed E-state index contributed by atoms with van der Waals surface area (Å²) in [5.74, 6) is 1.83. The van der Waals surface area contributed by atoms with Crippen LogP contribution in [0.5, 0.6) is 0 Å². The number of nitrogen functional groups attached to an aromatic ring is 1. The van der Waals surface area contributed by atoms with Crippen LogP contribution < -0.4 is 5.73 Å². The zero-order chi connectivity index (χ0) is 12.4. The van der Waals surface area contributed by atoms with Gasteiger partial charge in [-0.2, -0.15) is 0 Å². The molecule has 0 aliphatic carbocycles. The van der Waals surface area contributed by atoms with Crippen LogP contribution in [-0.2, 0) is 5.75 Å². The van der Waals surface area contributed by atoms with Crippen molar-refractivity contribution in [2.75, 3.05) is 5.73 Å². The summed E-state index contributed by atoms with van der Waals surface area (Å²) in [5, 5.41) is 0.725. The van der Waals surface area contributed by atoms with E-state index in [1.807, 2.05) is 22.9 Å². The molecule has 0 aliphatic rings. The molecule has 0 aliphatic heterocycles. The fourth-order valence-electron chi connectivity index (χ4n) is 1.54. The Morgan fingerprint density at radius 3 is 2.89 bits per heavy atom. The van der Waals surface area contributed by atoms with Gasteiger partial charge in [0.05, 0.1) is 5.69 Å². The molecular weight excluding hydrogens is 248 g/mol. The van der Waals surface area contributed by atoms with Crippen molar-refractivity contribution in [2.24, 2.45) is 0 Å². The number of thioether (sulfide) groups is 1. The summed E-state index contributed by atoms with van der Waals surface area (Å²) in [7, 11) is 0. The second kappa shape index (κ2) is 4.61. The molecule has 2 N–H and O–H groups in total. The van der Waals surface area contributed by atoms with Crippen molar-refractivity contribution in [3.8, 4) is 0 Å². The molecule has 3 aromatic rings. The van der Waals surface area contributed by atoms with Crippen LogP contribution in [0.15, 0.2) is 42.1 Å². The highest BCUT2D eigenvalue weighted by atomic mass is 32.2. The van der Waals surface area contributed by atoms with Gasteiger partial charge in [0.25, 0.3) is 0 Å². The van der Waals surface area contributed by atoms with E-state index in [4.69, 9.17) is 5.73 Å². The number of aromatic nitrogens is 5. The fourth-order valence-corrected chi connectivity index (χ4v) is 2.30. The molecule has 0 radical (unpaired) electrons. The lowest BCUT2D eigenvalue weighted by Gasteiger charge is -2.00. The number of imidazole rings is 1. The molecule has 0 unspecified atom stereocenters. The lowest BCUT2D eigenvalue weighted by molar-refractivity contribution is 1.07. The smallest absolute Gasteiger partial charge is 0.233 e. The van der Waals surface area contributed by atoms with Crippen molar-refractivity contribution >= 4 is 23.4 Å². The van der Waals surface area contributed by atoms with Crippen LogP contribution in [0.25, 0.3) is 5.78 Å². The zero-order valence-electron chi connectivity index (χ0n) is 9.39. The Labute approximate surface area is 107 Å². The standard InChI is InChI=1S/C11H10N6S/c12-9-10(14-4-3-13-9)18-7-8-6-17-5-1-2-15-11(17)16-8/h1-6H,7H2,(H2,12,13). The van der Waals surface area contributed by atoms with Gasteiger partial charge in [0.1, 0.15) is 5.03 Å². The van der Waals surface area contributed by atoms with Crippen LogP contribution in [0.2, 0.25) is 0 Å². The first kappa shape index (κ1) is 11.0. The Hall–Kier alpha value is -2.15. The third-order valence-electron chi connectivity index (χ3n) is 2.33. The molecule has 0 fully saturated rings. The predicted octanol–water partition coefficient (Wildman–Crippen LogP) is 1.39. The molecule has 3 rings (SSSR count). The molecule has 0 saturated heterocycles. The summed E-state index contributed by atoms with van der Waals surface area (Å²) in [6.07, 6.45) is 8.79. The van der Waals surface area contributed by atoms with E-state index in [1.165, 1.54) is 11.8 Å². The van der Waals surface area contributed by atoms with E-state index < -0.39 is 0 Å². The van der Waals surface area contributed by atoms with E-state index in [9.17, 15) is 0 Å². The predicted molar refractivity (Wildman–Crippen MR) is 69.0 cm³/mol. The normalized spacial score (nSPS) is 10.9. The van der Waals surface area contributed by atoms with Crippen LogP contribution in [-0.4, -0.2) is 24.3 Å². The summed E-state index contributed by atoms with van der Waals surface area (Å²) in [5.41, 5.74) is 6.66. The number of hydrogen-bond acceptors (Lipinski definition) is 6. The Kier molecular flexibility index (Phi) is 2.81. The SMILES string of the molecule is Nc1nccnc1SCc1cn2cccnc2n1. The summed E-state index contributed by atoms with van der Waals surface area (Å²) in [6.45, 7) is 0. The first-order valence-electron chi connectivity index (χ1n) is 5.31. The van der Waals surface area contributed by atoms with Crippen molar-refractivity contribution in [3.05, 3.63) is 42.7 Å². The van der Waals surface area contributed by atoms with Gasteiger partial charge < -0.3 is 5.73 Å². The van der Waals surface area contributed by atoms with Crippen LogP contribution in [0, 0.1) is 0 Å². The molecule has 0 amide bonds. The number of nitrogens with two attached hydrogens (primary N) is 1. The summed E-state index contributed by atoms with van der Waals surface area (Å²) in [4.78, 5) is 16.7. The van der Waals surface area contributed by atoms with E-state index in [1.54, 1.807) is 18.6 Å². The largest absolute Gasteiger partial charge is 0.381 e. The van der Waals surface area contributed by atoms with Crippen LogP contribution >= 0.6 is 11.8 Å². The minimum atomic E-state index is 0.449. The highest BCUT2D eigenvalue weighted by Gasteiger charge is 2.06. The molecule has 0 atom stereocenters. The van der Waals surface area contributed by atoms with E-state index in [-0.39, 0.29) is 0 Å². The first-order chi connectivity index (χ1) is 8.83.